The van der Waals surface area contributed by atoms with Crippen molar-refractivity contribution in [2.45, 2.75) is 31.9 Å². The average molecular weight is 277 g/mol. The number of nitrogens with one attached hydrogen (secondary N) is 2. The Hall–Kier alpha value is -1.40. The van der Waals surface area contributed by atoms with Crippen molar-refractivity contribution in [3.63, 3.8) is 0 Å². The lowest BCUT2D eigenvalue weighted by Gasteiger charge is -2.35. The lowest BCUT2D eigenvalue weighted by molar-refractivity contribution is -0.0416. The van der Waals surface area contributed by atoms with Gasteiger partial charge in [-0.05, 0) is 26.3 Å². The maximum atomic E-state index is 5.92. The van der Waals surface area contributed by atoms with E-state index in [0.717, 1.165) is 37.9 Å². The maximum Gasteiger partial charge on any atom is 0.147 e. The summed E-state index contributed by atoms with van der Waals surface area (Å²) in [5, 5.41) is 6.49. The molecule has 0 saturated carbocycles. The molecule has 0 aromatic carbocycles. The van der Waals surface area contributed by atoms with E-state index in [9.17, 15) is 0 Å². The van der Waals surface area contributed by atoms with Gasteiger partial charge in [0.05, 0.1) is 25.1 Å². The van der Waals surface area contributed by atoms with E-state index in [2.05, 4.69) is 25.5 Å². The van der Waals surface area contributed by atoms with Crippen LogP contribution in [0, 0.1) is 0 Å². The second kappa shape index (κ2) is 6.37. The van der Waals surface area contributed by atoms with E-state index in [4.69, 9.17) is 4.74 Å². The number of anilines is 2. The van der Waals surface area contributed by atoms with E-state index in [1.165, 1.54) is 19.4 Å². The molecule has 0 amide bonds. The van der Waals surface area contributed by atoms with Crippen molar-refractivity contribution < 1.29 is 4.74 Å². The maximum absolute atomic E-state index is 5.92. The minimum Gasteiger partial charge on any atom is -0.373 e. The van der Waals surface area contributed by atoms with Crippen LogP contribution in [0.25, 0.3) is 0 Å². The molecule has 6 heteroatoms. The Balaban J connectivity index is 1.50. The molecule has 2 unspecified atom stereocenters. The number of fused-ring (bicyclic) bond motifs is 1. The second-order valence-corrected chi connectivity index (χ2v) is 5.45. The first-order chi connectivity index (χ1) is 9.85. The topological polar surface area (TPSA) is 62.3 Å². The quantitative estimate of drug-likeness (QED) is 0.843. The van der Waals surface area contributed by atoms with Gasteiger partial charge in [0.1, 0.15) is 11.6 Å². The molecule has 1 aromatic heterocycles. The fourth-order valence-corrected chi connectivity index (χ4v) is 2.94. The normalized spacial score (nSPS) is 26.2. The molecule has 0 aliphatic carbocycles. The molecule has 2 aliphatic heterocycles. The largest absolute Gasteiger partial charge is 0.373 e. The van der Waals surface area contributed by atoms with Crippen LogP contribution < -0.4 is 10.6 Å². The van der Waals surface area contributed by atoms with E-state index in [-0.39, 0.29) is 6.10 Å². The monoisotopic (exact) mass is 277 g/mol. The van der Waals surface area contributed by atoms with Crippen molar-refractivity contribution in [1.29, 1.82) is 0 Å². The molecule has 2 N–H and O–H groups in total. The predicted octanol–water partition coefficient (Wildman–Crippen LogP) is 1.18. The van der Waals surface area contributed by atoms with Crippen molar-refractivity contribution in [3.05, 3.63) is 12.4 Å². The van der Waals surface area contributed by atoms with Gasteiger partial charge in [-0.1, -0.05) is 0 Å². The van der Waals surface area contributed by atoms with E-state index in [0.29, 0.717) is 6.04 Å². The number of nitrogens with zero attached hydrogens (tertiary/aromatic N) is 3. The van der Waals surface area contributed by atoms with Gasteiger partial charge in [-0.15, -0.1) is 0 Å². The van der Waals surface area contributed by atoms with Crippen LogP contribution in [0.15, 0.2) is 12.4 Å². The number of hydrogen-bond donors (Lipinski definition) is 2. The molecule has 2 saturated heterocycles. The van der Waals surface area contributed by atoms with Crippen LogP contribution in [0.5, 0.6) is 0 Å². The van der Waals surface area contributed by atoms with E-state index < -0.39 is 0 Å². The van der Waals surface area contributed by atoms with Gasteiger partial charge in [0.2, 0.25) is 0 Å². The summed E-state index contributed by atoms with van der Waals surface area (Å²) in [6, 6.07) is 0.656. The van der Waals surface area contributed by atoms with E-state index in [1.807, 2.05) is 6.92 Å². The van der Waals surface area contributed by atoms with Gasteiger partial charge in [-0.3, -0.25) is 9.88 Å². The number of ether oxygens (including phenoxy) is 1. The van der Waals surface area contributed by atoms with Crippen LogP contribution >= 0.6 is 0 Å². The predicted molar refractivity (Wildman–Crippen MR) is 79.0 cm³/mol. The zero-order chi connectivity index (χ0) is 13.8. The first kappa shape index (κ1) is 13.6. The molecule has 1 aromatic rings. The van der Waals surface area contributed by atoms with Crippen LogP contribution in [0.2, 0.25) is 0 Å². The first-order valence-corrected chi connectivity index (χ1v) is 7.50. The molecule has 2 atom stereocenters. The van der Waals surface area contributed by atoms with Gasteiger partial charge in [0.25, 0.3) is 0 Å². The molecule has 110 valence electrons. The Bertz CT molecular complexity index is 441. The summed E-state index contributed by atoms with van der Waals surface area (Å²) >= 11 is 0. The molecule has 0 radical (unpaired) electrons. The molecule has 3 heterocycles. The van der Waals surface area contributed by atoms with Crippen molar-refractivity contribution in [3.8, 4) is 0 Å². The lowest BCUT2D eigenvalue weighted by Crippen LogP contribution is -2.48. The summed E-state index contributed by atoms with van der Waals surface area (Å²) in [4.78, 5) is 11.2. The lowest BCUT2D eigenvalue weighted by atomic mass is 10.2. The van der Waals surface area contributed by atoms with Crippen molar-refractivity contribution >= 4 is 11.6 Å². The smallest absolute Gasteiger partial charge is 0.147 e. The number of rotatable bonds is 5. The molecule has 6 nitrogen and oxygen atoms in total. The minimum absolute atomic E-state index is 0.244. The van der Waals surface area contributed by atoms with Gasteiger partial charge in [0, 0.05) is 25.7 Å². The van der Waals surface area contributed by atoms with E-state index >= 15 is 0 Å². The second-order valence-electron chi connectivity index (χ2n) is 5.45. The zero-order valence-corrected chi connectivity index (χ0v) is 12.0. The summed E-state index contributed by atoms with van der Waals surface area (Å²) in [5.74, 6) is 1.61. The highest BCUT2D eigenvalue weighted by Crippen LogP contribution is 2.22. The van der Waals surface area contributed by atoms with Gasteiger partial charge in [0.15, 0.2) is 0 Å². The Morgan fingerprint density at radius 3 is 3.05 bits per heavy atom. The third-order valence-electron chi connectivity index (χ3n) is 3.96. The SMILES string of the molecule is CCNc1cncc(NCC2CN3CCCC3CO2)n1. The molecular weight excluding hydrogens is 254 g/mol. The molecule has 2 aliphatic rings. The van der Waals surface area contributed by atoms with Crippen molar-refractivity contribution in [1.82, 2.24) is 14.9 Å². The van der Waals surface area contributed by atoms with Gasteiger partial charge < -0.3 is 15.4 Å². The highest BCUT2D eigenvalue weighted by molar-refractivity contribution is 5.41. The third kappa shape index (κ3) is 3.19. The van der Waals surface area contributed by atoms with Crippen LogP contribution in [0.4, 0.5) is 11.6 Å². The summed E-state index contributed by atoms with van der Waals surface area (Å²) in [6.45, 7) is 6.80. The molecule has 0 bridgehead atoms. The highest BCUT2D eigenvalue weighted by atomic mass is 16.5. The van der Waals surface area contributed by atoms with Crippen LogP contribution in [0.1, 0.15) is 19.8 Å². The van der Waals surface area contributed by atoms with Crippen LogP contribution in [-0.2, 0) is 4.74 Å². The van der Waals surface area contributed by atoms with Crippen LogP contribution in [0.3, 0.4) is 0 Å². The summed E-state index contributed by atoms with van der Waals surface area (Å²) in [6.07, 6.45) is 6.33. The van der Waals surface area contributed by atoms with Crippen molar-refractivity contribution in [2.75, 3.05) is 43.4 Å². The number of aromatic nitrogens is 2. The summed E-state index contributed by atoms with van der Waals surface area (Å²) < 4.78 is 5.92. The Kier molecular flexibility index (Phi) is 4.32. The van der Waals surface area contributed by atoms with Crippen molar-refractivity contribution in [2.24, 2.45) is 0 Å². The van der Waals surface area contributed by atoms with E-state index in [1.54, 1.807) is 12.4 Å². The Labute approximate surface area is 119 Å². The first-order valence-electron chi connectivity index (χ1n) is 7.50. The van der Waals surface area contributed by atoms with Gasteiger partial charge in [-0.2, -0.15) is 0 Å². The average Bonchev–Trinajstić information content (AvgIpc) is 2.93. The Morgan fingerprint density at radius 2 is 2.20 bits per heavy atom. The molecule has 0 spiro atoms. The van der Waals surface area contributed by atoms with Crippen LogP contribution in [-0.4, -0.2) is 59.8 Å². The Morgan fingerprint density at radius 1 is 1.35 bits per heavy atom. The number of hydrogen-bond acceptors (Lipinski definition) is 6. The molecule has 2 fully saturated rings. The zero-order valence-electron chi connectivity index (χ0n) is 12.0. The summed E-state index contributed by atoms with van der Waals surface area (Å²) in [5.41, 5.74) is 0. The highest BCUT2D eigenvalue weighted by Gasteiger charge is 2.31. The standard InChI is InChI=1S/C14H23N5O/c1-2-16-13-7-15-8-14(18-13)17-6-12-9-19-5-3-4-11(19)10-20-12/h7-8,11-12H,2-6,9-10H2,1H3,(H2,16,17,18). The fourth-order valence-electron chi connectivity index (χ4n) is 2.94. The third-order valence-corrected chi connectivity index (χ3v) is 3.96. The fraction of sp³-hybridized carbons (Fsp3) is 0.714. The molecular formula is C14H23N5O. The summed E-state index contributed by atoms with van der Waals surface area (Å²) in [7, 11) is 0. The minimum atomic E-state index is 0.244. The molecule has 20 heavy (non-hydrogen) atoms. The van der Waals surface area contributed by atoms with Gasteiger partial charge in [-0.25, -0.2) is 4.98 Å². The molecule has 3 rings (SSSR count). The van der Waals surface area contributed by atoms with Gasteiger partial charge >= 0.3 is 0 Å². The number of morpholine rings is 1.